The molecule has 3 heteroatoms. The highest BCUT2D eigenvalue weighted by Gasteiger charge is 2.76. The van der Waals surface area contributed by atoms with Gasteiger partial charge in [0.15, 0.2) is 0 Å². The average molecular weight is 375 g/mol. The summed E-state index contributed by atoms with van der Waals surface area (Å²) < 4.78 is 12.0. The quantitative estimate of drug-likeness (QED) is 0.737. The molecular formula is C24H38O3. The van der Waals surface area contributed by atoms with E-state index in [1.807, 2.05) is 0 Å². The van der Waals surface area contributed by atoms with Crippen molar-refractivity contribution in [3.8, 4) is 0 Å². The molecule has 152 valence electrons. The molecular weight excluding hydrogens is 336 g/mol. The second-order valence-corrected chi connectivity index (χ2v) is 11.8. The molecule has 3 nitrogen and oxygen atoms in total. The van der Waals surface area contributed by atoms with Crippen LogP contribution in [0.4, 0.5) is 0 Å². The van der Waals surface area contributed by atoms with Gasteiger partial charge in [-0.2, -0.15) is 0 Å². The van der Waals surface area contributed by atoms with Crippen LogP contribution in [0.5, 0.6) is 0 Å². The Kier molecular flexibility index (Phi) is 3.62. The van der Waals surface area contributed by atoms with Gasteiger partial charge >= 0.3 is 0 Å². The lowest BCUT2D eigenvalue weighted by Gasteiger charge is -2.59. The molecule has 11 atom stereocenters. The van der Waals surface area contributed by atoms with Crippen LogP contribution >= 0.6 is 0 Å². The molecule has 6 fully saturated rings. The minimum atomic E-state index is -0.130. The maximum absolute atomic E-state index is 10.3. The second-order valence-electron chi connectivity index (χ2n) is 11.8. The molecule has 0 bridgehead atoms. The Morgan fingerprint density at radius 3 is 2.67 bits per heavy atom. The van der Waals surface area contributed by atoms with E-state index in [4.69, 9.17) is 9.47 Å². The van der Waals surface area contributed by atoms with Crippen LogP contribution in [-0.2, 0) is 9.47 Å². The van der Waals surface area contributed by atoms with Gasteiger partial charge in [-0.3, -0.25) is 0 Å². The van der Waals surface area contributed by atoms with Gasteiger partial charge in [0, 0.05) is 11.8 Å². The van der Waals surface area contributed by atoms with Crippen molar-refractivity contribution >= 4 is 0 Å². The number of fused-ring (bicyclic) bond motifs is 4. The zero-order chi connectivity index (χ0) is 18.6. The van der Waals surface area contributed by atoms with E-state index in [0.29, 0.717) is 23.0 Å². The van der Waals surface area contributed by atoms with Crippen LogP contribution in [0.3, 0.4) is 0 Å². The number of aliphatic hydroxyl groups is 1. The molecule has 2 aliphatic heterocycles. The van der Waals surface area contributed by atoms with Crippen LogP contribution in [0.15, 0.2) is 0 Å². The minimum Gasteiger partial charge on any atom is -0.393 e. The SMILES string of the molecule is C[C@H](C[C@H]1CO1)C1CCC2C3CC4OC45CC(O)CC[C@@]5(C)C3CC[C@]21C. The van der Waals surface area contributed by atoms with E-state index in [9.17, 15) is 5.11 Å². The lowest BCUT2D eigenvalue weighted by atomic mass is 9.44. The zero-order valence-corrected chi connectivity index (χ0v) is 17.5. The number of hydrogen-bond acceptors (Lipinski definition) is 3. The maximum Gasteiger partial charge on any atom is 0.103 e. The van der Waals surface area contributed by atoms with Crippen molar-refractivity contribution in [2.24, 2.45) is 40.4 Å². The first-order valence-corrected chi connectivity index (χ1v) is 11.8. The molecule has 0 amide bonds. The summed E-state index contributed by atoms with van der Waals surface area (Å²) in [5.41, 5.74) is 0.885. The van der Waals surface area contributed by atoms with Crippen LogP contribution in [0.25, 0.3) is 0 Å². The minimum absolute atomic E-state index is 0.0359. The van der Waals surface area contributed by atoms with Gasteiger partial charge in [0.1, 0.15) is 5.60 Å². The highest BCUT2D eigenvalue weighted by molar-refractivity contribution is 5.24. The van der Waals surface area contributed by atoms with Gasteiger partial charge in [-0.25, -0.2) is 0 Å². The summed E-state index contributed by atoms with van der Waals surface area (Å²) in [7, 11) is 0. The molecule has 7 unspecified atom stereocenters. The van der Waals surface area contributed by atoms with E-state index < -0.39 is 0 Å². The Morgan fingerprint density at radius 2 is 1.89 bits per heavy atom. The first-order chi connectivity index (χ1) is 12.9. The molecule has 1 N–H and O–H groups in total. The van der Waals surface area contributed by atoms with Gasteiger partial charge in [-0.15, -0.1) is 0 Å². The topological polar surface area (TPSA) is 45.3 Å². The summed E-state index contributed by atoms with van der Waals surface area (Å²) in [5, 5.41) is 10.3. The van der Waals surface area contributed by atoms with Crippen molar-refractivity contribution in [2.45, 2.75) is 102 Å². The summed E-state index contributed by atoms with van der Waals surface area (Å²) in [4.78, 5) is 0. The molecule has 0 aromatic carbocycles. The summed E-state index contributed by atoms with van der Waals surface area (Å²) in [6, 6.07) is 0. The third kappa shape index (κ3) is 2.26. The Balaban J connectivity index is 1.27. The summed E-state index contributed by atoms with van der Waals surface area (Å²) in [6.07, 6.45) is 12.2. The fraction of sp³-hybridized carbons (Fsp3) is 1.00. The fourth-order valence-corrected chi connectivity index (χ4v) is 9.42. The molecule has 6 aliphatic rings. The predicted molar refractivity (Wildman–Crippen MR) is 104 cm³/mol. The van der Waals surface area contributed by atoms with Crippen LogP contribution in [-0.4, -0.2) is 35.6 Å². The third-order valence-electron chi connectivity index (χ3n) is 10.9. The zero-order valence-electron chi connectivity index (χ0n) is 17.5. The van der Waals surface area contributed by atoms with Gasteiger partial charge in [0.25, 0.3) is 0 Å². The lowest BCUT2D eigenvalue weighted by molar-refractivity contribution is -0.116. The highest BCUT2D eigenvalue weighted by atomic mass is 16.6. The molecule has 0 radical (unpaired) electrons. The standard InChI is InChI=1S/C24H38O3/c1-14(10-16-13-26-16)18-4-5-19-17-11-21-24(27-21)12-15(25)6-9-23(24,3)20(17)7-8-22(18,19)2/h14-21,25H,4-13H2,1-3H3/t14-,15?,16+,17?,18?,19?,20?,21?,22+,23+,24?/m1/s1. The van der Waals surface area contributed by atoms with E-state index in [-0.39, 0.29) is 11.7 Å². The molecule has 1 spiro atoms. The number of rotatable bonds is 3. The van der Waals surface area contributed by atoms with Crippen molar-refractivity contribution < 1.29 is 14.6 Å². The first kappa shape index (κ1) is 17.7. The van der Waals surface area contributed by atoms with Gasteiger partial charge in [0.05, 0.1) is 24.9 Å². The van der Waals surface area contributed by atoms with E-state index in [2.05, 4.69) is 20.8 Å². The molecule has 0 aromatic heterocycles. The van der Waals surface area contributed by atoms with E-state index in [0.717, 1.165) is 49.0 Å². The largest absolute Gasteiger partial charge is 0.393 e. The highest BCUT2D eigenvalue weighted by Crippen LogP contribution is 2.74. The van der Waals surface area contributed by atoms with E-state index in [1.54, 1.807) is 0 Å². The molecule has 2 heterocycles. The van der Waals surface area contributed by atoms with E-state index in [1.165, 1.54) is 44.9 Å². The number of epoxide rings is 2. The van der Waals surface area contributed by atoms with Crippen LogP contribution in [0.2, 0.25) is 0 Å². The number of hydrogen-bond donors (Lipinski definition) is 1. The van der Waals surface area contributed by atoms with Gasteiger partial charge in [0.2, 0.25) is 0 Å². The van der Waals surface area contributed by atoms with Gasteiger partial charge in [-0.05, 0) is 86.4 Å². The molecule has 27 heavy (non-hydrogen) atoms. The maximum atomic E-state index is 10.3. The number of aliphatic hydroxyl groups excluding tert-OH is 1. The second kappa shape index (κ2) is 5.52. The smallest absolute Gasteiger partial charge is 0.103 e. The lowest BCUT2D eigenvalue weighted by Crippen LogP contribution is -2.58. The Hall–Kier alpha value is -0.120. The van der Waals surface area contributed by atoms with Crippen molar-refractivity contribution in [1.29, 1.82) is 0 Å². The molecule has 4 saturated carbocycles. The molecule has 6 rings (SSSR count). The molecule has 4 aliphatic carbocycles. The fourth-order valence-electron chi connectivity index (χ4n) is 9.42. The first-order valence-electron chi connectivity index (χ1n) is 11.8. The molecule has 0 aromatic rings. The monoisotopic (exact) mass is 374 g/mol. The normalized spacial score (nSPS) is 62.0. The molecule has 2 saturated heterocycles. The number of ether oxygens (including phenoxy) is 2. The predicted octanol–water partition coefficient (Wildman–Crippen LogP) is 4.56. The van der Waals surface area contributed by atoms with Crippen LogP contribution in [0.1, 0.15) is 78.6 Å². The Bertz CT molecular complexity index is 631. The summed E-state index contributed by atoms with van der Waals surface area (Å²) >= 11 is 0. The van der Waals surface area contributed by atoms with Crippen molar-refractivity contribution in [3.63, 3.8) is 0 Å². The average Bonchev–Trinajstić information content (AvgIpc) is 3.51. The van der Waals surface area contributed by atoms with Crippen LogP contribution in [0, 0.1) is 40.4 Å². The van der Waals surface area contributed by atoms with Crippen molar-refractivity contribution in [2.75, 3.05) is 6.61 Å². The summed E-state index contributed by atoms with van der Waals surface area (Å²) in [5.74, 6) is 4.28. The van der Waals surface area contributed by atoms with E-state index >= 15 is 0 Å². The van der Waals surface area contributed by atoms with Gasteiger partial charge < -0.3 is 14.6 Å². The van der Waals surface area contributed by atoms with Crippen molar-refractivity contribution in [3.05, 3.63) is 0 Å². The van der Waals surface area contributed by atoms with Gasteiger partial charge in [-0.1, -0.05) is 20.8 Å². The van der Waals surface area contributed by atoms with Crippen molar-refractivity contribution in [1.82, 2.24) is 0 Å². The Labute approximate surface area is 164 Å². The van der Waals surface area contributed by atoms with Crippen LogP contribution < -0.4 is 0 Å². The Morgan fingerprint density at radius 1 is 1.07 bits per heavy atom. The third-order valence-corrected chi connectivity index (χ3v) is 10.9. The summed E-state index contributed by atoms with van der Waals surface area (Å²) in [6.45, 7) is 8.70.